The van der Waals surface area contributed by atoms with Gasteiger partial charge in [0.05, 0.1) is 6.10 Å². The molecule has 6 nitrogen and oxygen atoms in total. The van der Waals surface area contributed by atoms with Gasteiger partial charge in [0, 0.05) is 61.5 Å². The van der Waals surface area contributed by atoms with E-state index < -0.39 is 0 Å². The van der Waals surface area contributed by atoms with Crippen LogP contribution in [0.25, 0.3) is 5.65 Å². The van der Waals surface area contributed by atoms with Gasteiger partial charge >= 0.3 is 0 Å². The van der Waals surface area contributed by atoms with Crippen LogP contribution in [0.5, 0.6) is 0 Å². The topological polar surface area (TPSA) is 45.9 Å². The van der Waals surface area contributed by atoms with Crippen LogP contribution in [0.4, 0.5) is 5.82 Å². The van der Waals surface area contributed by atoms with Crippen LogP contribution in [0.2, 0.25) is 0 Å². The van der Waals surface area contributed by atoms with Gasteiger partial charge in [0.1, 0.15) is 5.82 Å². The normalized spacial score (nSPS) is 21.7. The lowest BCUT2D eigenvalue weighted by molar-refractivity contribution is 0.114. The van der Waals surface area contributed by atoms with Gasteiger partial charge in [-0.3, -0.25) is 4.90 Å². The molecule has 0 spiro atoms. The first-order valence-electron chi connectivity index (χ1n) is 9.33. The molecule has 0 radical (unpaired) electrons. The predicted octanol–water partition coefficient (Wildman–Crippen LogP) is 2.96. The first-order valence-corrected chi connectivity index (χ1v) is 10.1. The number of anilines is 1. The monoisotopic (exact) mass is 369 g/mol. The van der Waals surface area contributed by atoms with Gasteiger partial charge in [-0.2, -0.15) is 0 Å². The second kappa shape index (κ2) is 6.98. The quantitative estimate of drug-likeness (QED) is 0.708. The Bertz CT molecular complexity index is 877. The second-order valence-electron chi connectivity index (χ2n) is 6.99. The highest BCUT2D eigenvalue weighted by Crippen LogP contribution is 2.33. The van der Waals surface area contributed by atoms with E-state index in [1.807, 2.05) is 28.1 Å². The van der Waals surface area contributed by atoms with Crippen LogP contribution in [-0.2, 0) is 11.3 Å². The van der Waals surface area contributed by atoms with Crippen LogP contribution in [0.1, 0.15) is 28.7 Å². The molecule has 2 aliphatic heterocycles. The van der Waals surface area contributed by atoms with Crippen LogP contribution in [0, 0.1) is 0 Å². The molecule has 3 aromatic rings. The second-order valence-corrected chi connectivity index (χ2v) is 8.19. The van der Waals surface area contributed by atoms with Gasteiger partial charge in [-0.25, -0.2) is 9.50 Å². The van der Waals surface area contributed by atoms with Gasteiger partial charge < -0.3 is 9.64 Å². The molecule has 0 saturated carbocycles. The summed E-state index contributed by atoms with van der Waals surface area (Å²) in [6.07, 6.45) is 6.40. The molecule has 0 aromatic carbocycles. The largest absolute Gasteiger partial charge is 0.373 e. The third-order valence-corrected chi connectivity index (χ3v) is 6.41. The number of aromatic nitrogens is 3. The number of hydrogen-bond donors (Lipinski definition) is 0. The average molecular weight is 369 g/mol. The summed E-state index contributed by atoms with van der Waals surface area (Å²) in [6.45, 7) is 6.11. The molecule has 5 heterocycles. The van der Waals surface area contributed by atoms with Gasteiger partial charge in [0.25, 0.3) is 0 Å². The van der Waals surface area contributed by atoms with E-state index in [4.69, 9.17) is 4.74 Å². The van der Waals surface area contributed by atoms with Crippen molar-refractivity contribution in [1.29, 1.82) is 0 Å². The Morgan fingerprint density at radius 2 is 2.04 bits per heavy atom. The Morgan fingerprint density at radius 1 is 1.12 bits per heavy atom. The van der Waals surface area contributed by atoms with Gasteiger partial charge in [0.2, 0.25) is 0 Å². The highest BCUT2D eigenvalue weighted by Gasteiger charge is 2.22. The van der Waals surface area contributed by atoms with E-state index in [9.17, 15) is 0 Å². The predicted molar refractivity (Wildman–Crippen MR) is 103 cm³/mol. The highest BCUT2D eigenvalue weighted by molar-refractivity contribution is 7.12. The number of ether oxygens (including phenoxy) is 1. The number of thiophene rings is 1. The van der Waals surface area contributed by atoms with Crippen molar-refractivity contribution < 1.29 is 4.74 Å². The fourth-order valence-electron chi connectivity index (χ4n) is 3.78. The number of rotatable bonds is 4. The fourth-order valence-corrected chi connectivity index (χ4v) is 4.92. The van der Waals surface area contributed by atoms with Crippen molar-refractivity contribution in [3.8, 4) is 0 Å². The van der Waals surface area contributed by atoms with Crippen molar-refractivity contribution in [3.63, 3.8) is 0 Å². The molecule has 0 N–H and O–H groups in total. The highest BCUT2D eigenvalue weighted by atomic mass is 32.1. The molecular weight excluding hydrogens is 346 g/mol. The van der Waals surface area contributed by atoms with E-state index >= 15 is 0 Å². The third-order valence-electron chi connectivity index (χ3n) is 5.25. The van der Waals surface area contributed by atoms with Crippen LogP contribution in [0.15, 0.2) is 36.7 Å². The zero-order valence-electron chi connectivity index (χ0n) is 14.8. The summed E-state index contributed by atoms with van der Waals surface area (Å²) in [7, 11) is 0. The Kier molecular flexibility index (Phi) is 4.36. The zero-order valence-corrected chi connectivity index (χ0v) is 15.6. The summed E-state index contributed by atoms with van der Waals surface area (Å²) in [4.78, 5) is 12.0. The van der Waals surface area contributed by atoms with Crippen LogP contribution in [0.3, 0.4) is 0 Å². The van der Waals surface area contributed by atoms with Crippen molar-refractivity contribution in [2.75, 3.05) is 37.7 Å². The molecule has 26 heavy (non-hydrogen) atoms. The fraction of sp³-hybridized carbons (Fsp3) is 0.474. The molecule has 0 aliphatic carbocycles. The summed E-state index contributed by atoms with van der Waals surface area (Å²) < 4.78 is 7.65. The lowest BCUT2D eigenvalue weighted by Crippen LogP contribution is -2.46. The minimum absolute atomic E-state index is 0.342. The molecule has 1 unspecified atom stereocenters. The summed E-state index contributed by atoms with van der Waals surface area (Å²) in [5.41, 5.74) is 0.895. The molecule has 136 valence electrons. The van der Waals surface area contributed by atoms with Crippen LogP contribution < -0.4 is 4.90 Å². The van der Waals surface area contributed by atoms with Gasteiger partial charge in [0.15, 0.2) is 5.65 Å². The van der Waals surface area contributed by atoms with E-state index in [1.54, 1.807) is 6.20 Å². The number of fused-ring (bicyclic) bond motifs is 1. The third kappa shape index (κ3) is 3.22. The molecule has 2 saturated heterocycles. The first-order chi connectivity index (χ1) is 12.8. The minimum Gasteiger partial charge on any atom is -0.373 e. The molecule has 0 amide bonds. The Labute approximate surface area is 157 Å². The molecule has 5 rings (SSSR count). The lowest BCUT2D eigenvalue weighted by atomic mass is 10.2. The van der Waals surface area contributed by atoms with E-state index in [0.717, 1.165) is 50.8 Å². The smallest absolute Gasteiger partial charge is 0.153 e. The summed E-state index contributed by atoms with van der Waals surface area (Å²) in [5, 5.41) is 4.67. The average Bonchev–Trinajstić information content (AvgIpc) is 3.42. The van der Waals surface area contributed by atoms with E-state index in [1.165, 1.54) is 22.6 Å². The van der Waals surface area contributed by atoms with E-state index in [2.05, 4.69) is 38.1 Å². The van der Waals surface area contributed by atoms with Gasteiger partial charge in [-0.15, -0.1) is 16.4 Å². The van der Waals surface area contributed by atoms with Crippen molar-refractivity contribution >= 4 is 22.8 Å². The number of piperazine rings is 1. The Hall–Kier alpha value is -1.96. The van der Waals surface area contributed by atoms with Crippen molar-refractivity contribution in [2.45, 2.75) is 25.5 Å². The molecule has 7 heteroatoms. The SMILES string of the molecule is c1cn2nc(N3CCN(Cc4ccc(C5CCCO5)s4)CC3)ccc2n1. The molecule has 3 aromatic heterocycles. The summed E-state index contributed by atoms with van der Waals surface area (Å²) >= 11 is 1.92. The van der Waals surface area contributed by atoms with Crippen molar-refractivity contribution in [3.05, 3.63) is 46.4 Å². The van der Waals surface area contributed by atoms with Gasteiger partial charge in [-0.1, -0.05) is 0 Å². The molecule has 2 aliphatic rings. The number of imidazole rings is 1. The molecule has 0 bridgehead atoms. The molecule has 2 fully saturated rings. The maximum atomic E-state index is 5.81. The van der Waals surface area contributed by atoms with Crippen molar-refractivity contribution in [1.82, 2.24) is 19.5 Å². The zero-order chi connectivity index (χ0) is 17.3. The van der Waals surface area contributed by atoms with E-state index in [0.29, 0.717) is 6.10 Å². The lowest BCUT2D eigenvalue weighted by Gasteiger charge is -2.35. The summed E-state index contributed by atoms with van der Waals surface area (Å²) in [6, 6.07) is 8.65. The standard InChI is InChI=1S/C19H23N5OS/c1-2-16(25-13-1)17-4-3-15(26-17)14-22-9-11-23(12-10-22)19-6-5-18-20-7-8-24(18)21-19/h3-8,16H,1-2,9-14H2. The maximum Gasteiger partial charge on any atom is 0.153 e. The maximum absolute atomic E-state index is 5.81. The Balaban J connectivity index is 1.19. The van der Waals surface area contributed by atoms with Crippen LogP contribution >= 0.6 is 11.3 Å². The molecule has 1 atom stereocenters. The van der Waals surface area contributed by atoms with Gasteiger partial charge in [-0.05, 0) is 37.1 Å². The molecular formula is C19H23N5OS. The van der Waals surface area contributed by atoms with Crippen molar-refractivity contribution in [2.24, 2.45) is 0 Å². The first kappa shape index (κ1) is 16.2. The minimum atomic E-state index is 0.342. The van der Waals surface area contributed by atoms with Crippen LogP contribution in [-0.4, -0.2) is 52.3 Å². The number of nitrogens with zero attached hydrogens (tertiary/aromatic N) is 5. The Morgan fingerprint density at radius 3 is 2.88 bits per heavy atom. The number of hydrogen-bond acceptors (Lipinski definition) is 6. The summed E-state index contributed by atoms with van der Waals surface area (Å²) in [5.74, 6) is 1.03. The van der Waals surface area contributed by atoms with E-state index in [-0.39, 0.29) is 0 Å².